The van der Waals surface area contributed by atoms with Crippen molar-refractivity contribution in [2.24, 2.45) is 0 Å². The van der Waals surface area contributed by atoms with Crippen LogP contribution in [0.2, 0.25) is 0 Å². The zero-order valence-corrected chi connectivity index (χ0v) is 37.2. The summed E-state index contributed by atoms with van der Waals surface area (Å²) in [6, 6.07) is 32.8. The molecule has 2 saturated heterocycles. The molecule has 0 bridgehead atoms. The van der Waals surface area contributed by atoms with E-state index in [1.807, 2.05) is 54.6 Å². The van der Waals surface area contributed by atoms with E-state index in [-0.39, 0.29) is 23.7 Å². The van der Waals surface area contributed by atoms with Gasteiger partial charge in [-0.05, 0) is 83.2 Å². The number of hydrogen-bond donors (Lipinski definition) is 4. The Bertz CT molecular complexity index is 2810. The van der Waals surface area contributed by atoms with E-state index >= 15 is 0 Å². The smallest absolute Gasteiger partial charge is 0.216 e. The molecule has 336 valence electrons. The molecule has 6 aromatic rings. The van der Waals surface area contributed by atoms with Gasteiger partial charge in [-0.2, -0.15) is 9.59 Å². The van der Waals surface area contributed by atoms with E-state index in [0.29, 0.717) is 31.3 Å². The van der Waals surface area contributed by atoms with Gasteiger partial charge in [-0.1, -0.05) is 84.9 Å². The van der Waals surface area contributed by atoms with Gasteiger partial charge >= 0.3 is 0 Å². The molecule has 65 heavy (non-hydrogen) atoms. The van der Waals surface area contributed by atoms with Crippen LogP contribution in [0, 0.1) is 0 Å². The number of ether oxygens (including phenoxy) is 2. The van der Waals surface area contributed by atoms with Crippen molar-refractivity contribution in [3.8, 4) is 34.3 Å². The van der Waals surface area contributed by atoms with Crippen LogP contribution in [0.5, 0.6) is 11.5 Å². The van der Waals surface area contributed by atoms with Crippen LogP contribution in [0.3, 0.4) is 0 Å². The largest absolute Gasteiger partial charge is 0.482 e. The molecule has 18 heteroatoms. The van der Waals surface area contributed by atoms with E-state index in [9.17, 15) is 13.2 Å². The van der Waals surface area contributed by atoms with Crippen molar-refractivity contribution in [3.63, 3.8) is 0 Å². The second-order valence-electron chi connectivity index (χ2n) is 16.7. The Morgan fingerprint density at radius 3 is 1.48 bits per heavy atom. The summed E-state index contributed by atoms with van der Waals surface area (Å²) in [4.78, 5) is 13.9. The number of carbonyl (C=O) groups is 1. The second kappa shape index (κ2) is 18.9. The number of piperidine rings is 2. The summed E-state index contributed by atoms with van der Waals surface area (Å²) >= 11 is 0. The lowest BCUT2D eigenvalue weighted by Gasteiger charge is -2.40. The number of fused-ring (bicyclic) bond motifs is 2. The Kier molecular flexibility index (Phi) is 12.7. The first-order valence-electron chi connectivity index (χ1n) is 21.9. The molecule has 2 fully saturated rings. The SMILES string of the molecule is CC(=O)NCCn1nnc(-c2ccc(C3=CC4(CCNCC4)Oc4ccccc43)cc2)n1.CS(=O)(=O)NCCn1nnc(-c2ccc(C3=CC4(CCNCC4)Oc4ccccc43)cc2)n1. The van der Waals surface area contributed by atoms with Gasteiger partial charge in [-0.15, -0.1) is 20.4 Å². The van der Waals surface area contributed by atoms with Crippen LogP contribution in [0.1, 0.15) is 54.9 Å². The Balaban J connectivity index is 0.000000164. The van der Waals surface area contributed by atoms with Crippen LogP contribution in [0.4, 0.5) is 0 Å². The van der Waals surface area contributed by atoms with Crippen LogP contribution in [-0.2, 0) is 27.9 Å². The van der Waals surface area contributed by atoms with Gasteiger partial charge in [0.05, 0.1) is 19.3 Å². The Morgan fingerprint density at radius 2 is 1.05 bits per heavy atom. The monoisotopic (exact) mass is 896 g/mol. The molecule has 2 spiro atoms. The van der Waals surface area contributed by atoms with Crippen LogP contribution in [0.25, 0.3) is 33.9 Å². The fourth-order valence-corrected chi connectivity index (χ4v) is 9.03. The van der Waals surface area contributed by atoms with Gasteiger partial charge in [-0.3, -0.25) is 4.79 Å². The van der Waals surface area contributed by atoms with Crippen molar-refractivity contribution >= 4 is 27.1 Å². The summed E-state index contributed by atoms with van der Waals surface area (Å²) in [5, 5.41) is 34.7. The van der Waals surface area contributed by atoms with E-state index < -0.39 is 10.0 Å². The number of tetrazole rings is 2. The molecule has 0 aliphatic carbocycles. The average molecular weight is 897 g/mol. The molecular formula is C47H52N12O5S. The molecule has 4 aromatic carbocycles. The maximum Gasteiger partial charge on any atom is 0.216 e. The fourth-order valence-electron chi connectivity index (χ4n) is 8.57. The summed E-state index contributed by atoms with van der Waals surface area (Å²) in [6.07, 6.45) is 9.49. The summed E-state index contributed by atoms with van der Waals surface area (Å²) in [6.45, 7) is 6.72. The van der Waals surface area contributed by atoms with Gasteiger partial charge in [0.15, 0.2) is 0 Å². The van der Waals surface area contributed by atoms with E-state index in [2.05, 4.69) is 106 Å². The first kappa shape index (κ1) is 43.6. The van der Waals surface area contributed by atoms with Crippen molar-refractivity contribution in [2.75, 3.05) is 45.5 Å². The van der Waals surface area contributed by atoms with Gasteiger partial charge in [0.2, 0.25) is 27.6 Å². The first-order valence-corrected chi connectivity index (χ1v) is 23.8. The highest BCUT2D eigenvalue weighted by Gasteiger charge is 2.38. The number of sulfonamides is 1. The molecule has 0 saturated carbocycles. The molecule has 4 N–H and O–H groups in total. The molecule has 0 radical (unpaired) electrons. The van der Waals surface area contributed by atoms with E-state index in [1.165, 1.54) is 27.7 Å². The number of rotatable bonds is 11. The third-order valence-electron chi connectivity index (χ3n) is 11.9. The number of nitrogens with zero attached hydrogens (tertiary/aromatic N) is 8. The number of hydrogen-bond acceptors (Lipinski definition) is 13. The normalized spacial score (nSPS) is 17.0. The summed E-state index contributed by atoms with van der Waals surface area (Å²) in [7, 11) is -3.24. The quantitative estimate of drug-likeness (QED) is 0.144. The number of carbonyl (C=O) groups excluding carboxylic acids is 1. The maximum atomic E-state index is 11.2. The number of aromatic nitrogens is 8. The van der Waals surface area contributed by atoms with Crippen molar-refractivity contribution in [3.05, 3.63) is 131 Å². The topological polar surface area (TPSA) is 205 Å². The average Bonchev–Trinajstić information content (AvgIpc) is 3.99. The maximum absolute atomic E-state index is 11.2. The molecule has 1 amide bonds. The van der Waals surface area contributed by atoms with Gasteiger partial charge in [-0.25, -0.2) is 13.1 Å². The highest BCUT2D eigenvalue weighted by molar-refractivity contribution is 7.88. The van der Waals surface area contributed by atoms with Gasteiger partial charge in [0.25, 0.3) is 0 Å². The van der Waals surface area contributed by atoms with Crippen molar-refractivity contribution in [1.82, 2.24) is 61.1 Å². The van der Waals surface area contributed by atoms with E-state index in [4.69, 9.17) is 9.47 Å². The highest BCUT2D eigenvalue weighted by atomic mass is 32.2. The molecular weight excluding hydrogens is 845 g/mol. The third-order valence-corrected chi connectivity index (χ3v) is 12.6. The van der Waals surface area contributed by atoms with E-state index in [0.717, 1.165) is 103 Å². The van der Waals surface area contributed by atoms with Gasteiger partial charge in [0.1, 0.15) is 22.7 Å². The van der Waals surface area contributed by atoms with Gasteiger partial charge < -0.3 is 25.4 Å². The van der Waals surface area contributed by atoms with Crippen molar-refractivity contribution in [1.29, 1.82) is 0 Å². The van der Waals surface area contributed by atoms with Crippen molar-refractivity contribution in [2.45, 2.75) is 56.9 Å². The molecule has 10 rings (SSSR count). The fraction of sp³-hybridized carbons (Fsp3) is 0.340. The molecule has 17 nitrogen and oxygen atoms in total. The standard InChI is InChI=1S/C24H26N6O2.C23H26N6O3S/c1-17(31)26-14-15-30-28-23(27-29-30)19-8-6-18(7-9-19)21-16-24(10-12-25-13-11-24)32-22-5-3-2-4-20(21)22;1-33(30,31)25-14-15-29-27-22(26-28-29)18-8-6-17(7-9-18)20-16-23(10-12-24-13-11-23)32-21-5-3-2-4-19(20)21/h2-9,16,25H,10-15H2,1H3,(H,26,31);2-9,16,24-25H,10-15H2,1H3. The second-order valence-corrected chi connectivity index (χ2v) is 18.5. The minimum atomic E-state index is -3.24. The molecule has 6 heterocycles. The Hall–Kier alpha value is -6.60. The molecule has 4 aliphatic rings. The number of benzene rings is 4. The highest BCUT2D eigenvalue weighted by Crippen LogP contribution is 2.44. The summed E-state index contributed by atoms with van der Waals surface area (Å²) < 4.78 is 37.8. The zero-order chi connectivity index (χ0) is 44.9. The summed E-state index contributed by atoms with van der Waals surface area (Å²) in [5.41, 5.74) is 8.04. The van der Waals surface area contributed by atoms with E-state index in [1.54, 1.807) is 0 Å². The summed E-state index contributed by atoms with van der Waals surface area (Å²) in [5.74, 6) is 2.86. The predicted octanol–water partition coefficient (Wildman–Crippen LogP) is 4.26. The van der Waals surface area contributed by atoms with Crippen LogP contribution >= 0.6 is 0 Å². The number of para-hydroxylation sites is 2. The lowest BCUT2D eigenvalue weighted by atomic mass is 9.83. The lowest BCUT2D eigenvalue weighted by molar-refractivity contribution is -0.119. The number of amides is 1. The Morgan fingerprint density at radius 1 is 0.631 bits per heavy atom. The first-order chi connectivity index (χ1) is 31.5. The predicted molar refractivity (Wildman–Crippen MR) is 246 cm³/mol. The molecule has 4 aliphatic heterocycles. The molecule has 0 unspecified atom stereocenters. The molecule has 2 aromatic heterocycles. The Labute approximate surface area is 377 Å². The number of nitrogens with one attached hydrogen (secondary N) is 4. The van der Waals surface area contributed by atoms with Gasteiger partial charge in [0, 0.05) is 68.0 Å². The lowest BCUT2D eigenvalue weighted by Crippen LogP contribution is -2.46. The third kappa shape index (κ3) is 10.4. The van der Waals surface area contributed by atoms with Crippen LogP contribution in [-0.4, -0.2) is 111 Å². The minimum absolute atomic E-state index is 0.0730. The van der Waals surface area contributed by atoms with Crippen LogP contribution in [0.15, 0.2) is 109 Å². The van der Waals surface area contributed by atoms with Crippen LogP contribution < -0.4 is 30.1 Å². The minimum Gasteiger partial charge on any atom is -0.482 e. The molecule has 0 atom stereocenters. The zero-order valence-electron chi connectivity index (χ0n) is 36.4. The van der Waals surface area contributed by atoms with Crippen molar-refractivity contribution < 1.29 is 22.7 Å².